The molecule has 1 saturated heterocycles. The minimum atomic E-state index is -0.132. The van der Waals surface area contributed by atoms with Gasteiger partial charge in [-0.2, -0.15) is 0 Å². The highest BCUT2D eigenvalue weighted by Crippen LogP contribution is 2.28. The van der Waals surface area contributed by atoms with Crippen molar-refractivity contribution < 1.29 is 9.59 Å². The van der Waals surface area contributed by atoms with E-state index < -0.39 is 0 Å². The number of piperazine rings is 1. The summed E-state index contributed by atoms with van der Waals surface area (Å²) in [4.78, 5) is 31.2. The number of benzene rings is 1. The minimum Gasteiger partial charge on any atom is -0.353 e. The monoisotopic (exact) mass is 358 g/mol. The maximum Gasteiger partial charge on any atom is 0.244 e. The van der Waals surface area contributed by atoms with Gasteiger partial charge < -0.3 is 10.2 Å². The van der Waals surface area contributed by atoms with E-state index in [2.05, 4.69) is 21.2 Å². The molecule has 142 valence electrons. The second kappa shape index (κ2) is 8.18. The van der Waals surface area contributed by atoms with Gasteiger partial charge in [0.15, 0.2) is 0 Å². The highest BCUT2D eigenvalue weighted by Gasteiger charge is 2.32. The fraction of sp³-hybridized carbons (Fsp3) is 0.600. The molecule has 1 aromatic carbocycles. The fourth-order valence-corrected chi connectivity index (χ4v) is 3.83. The van der Waals surface area contributed by atoms with Crippen molar-refractivity contribution in [1.82, 2.24) is 15.1 Å². The lowest BCUT2D eigenvalue weighted by atomic mass is 10.1. The lowest BCUT2D eigenvalue weighted by Crippen LogP contribution is -2.55. The Morgan fingerprint density at radius 2 is 1.73 bits per heavy atom. The van der Waals surface area contributed by atoms with Gasteiger partial charge in [0.2, 0.25) is 11.8 Å². The molecule has 1 atom stereocenters. The van der Waals surface area contributed by atoms with Crippen LogP contribution in [0.1, 0.15) is 26.3 Å². The van der Waals surface area contributed by atoms with E-state index in [1.54, 1.807) is 0 Å². The fourth-order valence-electron chi connectivity index (χ4n) is 3.83. The molecule has 2 aliphatic heterocycles. The Kier molecular flexibility index (Phi) is 5.94. The SMILES string of the molecule is CC(C)NC(=O)CN1CCN([C@H](C)C(=O)N2CCc3ccccc32)CC1. The molecule has 0 aliphatic carbocycles. The molecule has 1 N–H and O–H groups in total. The summed E-state index contributed by atoms with van der Waals surface area (Å²) >= 11 is 0. The predicted octanol–water partition coefficient (Wildman–Crippen LogP) is 1.11. The summed E-state index contributed by atoms with van der Waals surface area (Å²) in [5, 5.41) is 2.93. The van der Waals surface area contributed by atoms with Crippen molar-refractivity contribution in [3.05, 3.63) is 29.8 Å². The first-order valence-electron chi connectivity index (χ1n) is 9.60. The minimum absolute atomic E-state index is 0.0752. The maximum absolute atomic E-state index is 13.0. The van der Waals surface area contributed by atoms with Gasteiger partial charge in [-0.05, 0) is 38.8 Å². The van der Waals surface area contributed by atoms with Crippen molar-refractivity contribution in [3.63, 3.8) is 0 Å². The zero-order chi connectivity index (χ0) is 18.7. The van der Waals surface area contributed by atoms with E-state index in [0.29, 0.717) is 6.54 Å². The van der Waals surface area contributed by atoms with Crippen LogP contribution in [0.5, 0.6) is 0 Å². The van der Waals surface area contributed by atoms with Crippen LogP contribution < -0.4 is 10.2 Å². The number of carbonyl (C=O) groups excluding carboxylic acids is 2. The highest BCUT2D eigenvalue weighted by molar-refractivity contribution is 5.98. The summed E-state index contributed by atoms with van der Waals surface area (Å²) in [5.41, 5.74) is 2.32. The summed E-state index contributed by atoms with van der Waals surface area (Å²) in [5.74, 6) is 0.257. The third-order valence-electron chi connectivity index (χ3n) is 5.28. The van der Waals surface area contributed by atoms with E-state index >= 15 is 0 Å². The van der Waals surface area contributed by atoms with E-state index in [0.717, 1.165) is 44.8 Å². The molecule has 6 nitrogen and oxygen atoms in total. The van der Waals surface area contributed by atoms with Crippen LogP contribution in [0.15, 0.2) is 24.3 Å². The van der Waals surface area contributed by atoms with Gasteiger partial charge in [0.05, 0.1) is 12.6 Å². The van der Waals surface area contributed by atoms with Gasteiger partial charge in [0.25, 0.3) is 0 Å². The molecule has 0 aromatic heterocycles. The lowest BCUT2D eigenvalue weighted by Gasteiger charge is -2.38. The molecule has 2 heterocycles. The largest absolute Gasteiger partial charge is 0.353 e. The molecule has 1 fully saturated rings. The molecule has 0 radical (unpaired) electrons. The molecular weight excluding hydrogens is 328 g/mol. The van der Waals surface area contributed by atoms with Crippen molar-refractivity contribution in [2.45, 2.75) is 39.3 Å². The summed E-state index contributed by atoms with van der Waals surface area (Å²) < 4.78 is 0. The Bertz CT molecular complexity index is 653. The normalized spacial score (nSPS) is 19.5. The Morgan fingerprint density at radius 3 is 2.42 bits per heavy atom. The predicted molar refractivity (Wildman–Crippen MR) is 103 cm³/mol. The molecule has 6 heteroatoms. The van der Waals surface area contributed by atoms with Crippen LogP contribution in [-0.2, 0) is 16.0 Å². The Balaban J connectivity index is 1.52. The number of hydrogen-bond acceptors (Lipinski definition) is 4. The van der Waals surface area contributed by atoms with Crippen molar-refractivity contribution in [2.24, 2.45) is 0 Å². The summed E-state index contributed by atoms with van der Waals surface area (Å²) in [7, 11) is 0. The second-order valence-electron chi connectivity index (χ2n) is 7.58. The molecule has 2 aliphatic rings. The van der Waals surface area contributed by atoms with Crippen LogP contribution in [0.25, 0.3) is 0 Å². The van der Waals surface area contributed by atoms with Gasteiger partial charge in [0.1, 0.15) is 0 Å². The molecule has 1 aromatic rings. The first kappa shape index (κ1) is 18.9. The topological polar surface area (TPSA) is 55.9 Å². The third kappa shape index (κ3) is 4.24. The van der Waals surface area contributed by atoms with Crippen LogP contribution in [0.3, 0.4) is 0 Å². The van der Waals surface area contributed by atoms with Crippen molar-refractivity contribution in [3.8, 4) is 0 Å². The summed E-state index contributed by atoms with van der Waals surface area (Å²) in [6.45, 7) is 10.4. The molecule has 0 unspecified atom stereocenters. The van der Waals surface area contributed by atoms with Gasteiger partial charge in [-0.25, -0.2) is 0 Å². The average molecular weight is 358 g/mol. The molecule has 2 amide bonds. The molecule has 0 saturated carbocycles. The van der Waals surface area contributed by atoms with Gasteiger partial charge in [-0.15, -0.1) is 0 Å². The quantitative estimate of drug-likeness (QED) is 0.857. The molecule has 0 bridgehead atoms. The van der Waals surface area contributed by atoms with Gasteiger partial charge in [0, 0.05) is 44.5 Å². The number of fused-ring (bicyclic) bond motifs is 1. The van der Waals surface area contributed by atoms with Crippen LogP contribution in [-0.4, -0.2) is 73.0 Å². The van der Waals surface area contributed by atoms with Crippen LogP contribution in [0, 0.1) is 0 Å². The average Bonchev–Trinajstić information content (AvgIpc) is 3.04. The van der Waals surface area contributed by atoms with Crippen LogP contribution in [0.2, 0.25) is 0 Å². The summed E-state index contributed by atoms with van der Waals surface area (Å²) in [6, 6.07) is 8.21. The zero-order valence-electron chi connectivity index (χ0n) is 16.1. The first-order chi connectivity index (χ1) is 12.5. The van der Waals surface area contributed by atoms with E-state index in [9.17, 15) is 9.59 Å². The molecule has 3 rings (SSSR count). The number of carbonyl (C=O) groups is 2. The number of anilines is 1. The smallest absolute Gasteiger partial charge is 0.244 e. The van der Waals surface area contributed by atoms with Crippen molar-refractivity contribution in [1.29, 1.82) is 0 Å². The van der Waals surface area contributed by atoms with Gasteiger partial charge >= 0.3 is 0 Å². The Labute approximate surface area is 156 Å². The zero-order valence-corrected chi connectivity index (χ0v) is 16.1. The summed E-state index contributed by atoms with van der Waals surface area (Å²) in [6.07, 6.45) is 0.938. The van der Waals surface area contributed by atoms with Crippen LogP contribution in [0.4, 0.5) is 5.69 Å². The number of nitrogens with zero attached hydrogens (tertiary/aromatic N) is 3. The van der Waals surface area contributed by atoms with Gasteiger partial charge in [-0.3, -0.25) is 19.4 Å². The number of rotatable bonds is 5. The van der Waals surface area contributed by atoms with Gasteiger partial charge in [-0.1, -0.05) is 18.2 Å². The van der Waals surface area contributed by atoms with E-state index in [1.165, 1.54) is 5.56 Å². The first-order valence-corrected chi connectivity index (χ1v) is 9.60. The number of para-hydroxylation sites is 1. The molecular formula is C20H30N4O2. The third-order valence-corrected chi connectivity index (χ3v) is 5.28. The number of nitrogens with one attached hydrogen (secondary N) is 1. The Morgan fingerprint density at radius 1 is 1.04 bits per heavy atom. The van der Waals surface area contributed by atoms with E-state index in [1.807, 2.05) is 43.9 Å². The second-order valence-corrected chi connectivity index (χ2v) is 7.58. The molecule has 0 spiro atoms. The lowest BCUT2D eigenvalue weighted by molar-refractivity contribution is -0.126. The standard InChI is InChI=1S/C20H30N4O2/c1-15(2)21-19(25)14-22-10-12-23(13-11-22)16(3)20(26)24-9-8-17-6-4-5-7-18(17)24/h4-7,15-16H,8-14H2,1-3H3,(H,21,25)/t16-/m1/s1. The van der Waals surface area contributed by atoms with Crippen molar-refractivity contribution in [2.75, 3.05) is 44.2 Å². The molecule has 26 heavy (non-hydrogen) atoms. The van der Waals surface area contributed by atoms with Crippen LogP contribution >= 0.6 is 0 Å². The highest BCUT2D eigenvalue weighted by atomic mass is 16.2. The van der Waals surface area contributed by atoms with E-state index in [-0.39, 0.29) is 23.9 Å². The van der Waals surface area contributed by atoms with E-state index in [4.69, 9.17) is 0 Å². The number of amides is 2. The van der Waals surface area contributed by atoms with Crippen molar-refractivity contribution >= 4 is 17.5 Å². The maximum atomic E-state index is 13.0. The Hall–Kier alpha value is -1.92. The number of hydrogen-bond donors (Lipinski definition) is 1.